The lowest BCUT2D eigenvalue weighted by Crippen LogP contribution is -2.52. The largest absolute Gasteiger partial charge is 0.369 e. The van der Waals surface area contributed by atoms with Crippen molar-refractivity contribution in [2.75, 3.05) is 68.7 Å². The molecule has 8 heteroatoms. The van der Waals surface area contributed by atoms with Crippen molar-refractivity contribution in [3.63, 3.8) is 0 Å². The van der Waals surface area contributed by atoms with E-state index in [0.717, 1.165) is 64.4 Å². The first-order valence-electron chi connectivity index (χ1n) is 13.4. The Kier molecular flexibility index (Phi) is 5.99. The second-order valence-electron chi connectivity index (χ2n) is 10.6. The summed E-state index contributed by atoms with van der Waals surface area (Å²) >= 11 is 0. The first-order valence-corrected chi connectivity index (χ1v) is 13.4. The van der Waals surface area contributed by atoms with Crippen LogP contribution in [0.15, 0.2) is 48.8 Å². The fraction of sp³-hybridized carbons (Fsp3) is 0.500. The van der Waals surface area contributed by atoms with Crippen molar-refractivity contribution in [2.24, 2.45) is 0 Å². The van der Waals surface area contributed by atoms with E-state index in [1.54, 1.807) is 0 Å². The van der Waals surface area contributed by atoms with Crippen molar-refractivity contribution in [3.05, 3.63) is 48.8 Å². The summed E-state index contributed by atoms with van der Waals surface area (Å²) in [5.74, 6) is 0. The number of benzene rings is 1. The van der Waals surface area contributed by atoms with Crippen molar-refractivity contribution < 1.29 is 4.79 Å². The molecule has 0 saturated carbocycles. The Morgan fingerprint density at radius 1 is 0.917 bits per heavy atom. The number of fused-ring (bicyclic) bond motifs is 2. The number of likely N-dealkylation sites (N-methyl/N-ethyl adjacent to an activating group) is 1. The molecular formula is C28H37N7O. The van der Waals surface area contributed by atoms with Crippen LogP contribution in [0.1, 0.15) is 20.8 Å². The van der Waals surface area contributed by atoms with Crippen LogP contribution in [0.4, 0.5) is 16.2 Å². The minimum Gasteiger partial charge on any atom is -0.369 e. The van der Waals surface area contributed by atoms with Crippen molar-refractivity contribution in [1.82, 2.24) is 24.3 Å². The summed E-state index contributed by atoms with van der Waals surface area (Å²) in [5.41, 5.74) is 6.00. The Morgan fingerprint density at radius 3 is 2.39 bits per heavy atom. The number of carbonyl (C=O) groups is 1. The molecule has 2 aromatic heterocycles. The predicted molar refractivity (Wildman–Crippen MR) is 145 cm³/mol. The van der Waals surface area contributed by atoms with Gasteiger partial charge in [-0.2, -0.15) is 5.10 Å². The summed E-state index contributed by atoms with van der Waals surface area (Å²) in [6.45, 7) is 15.1. The lowest BCUT2D eigenvalue weighted by atomic mass is 10.1. The number of carbonyl (C=O) groups excluding carboxylic acids is 1. The normalized spacial score (nSPS) is 21.2. The van der Waals surface area contributed by atoms with Gasteiger partial charge in [0.2, 0.25) is 0 Å². The van der Waals surface area contributed by atoms with E-state index >= 15 is 0 Å². The zero-order valence-electron chi connectivity index (χ0n) is 21.7. The summed E-state index contributed by atoms with van der Waals surface area (Å²) in [6.07, 6.45) is 4.01. The van der Waals surface area contributed by atoms with Gasteiger partial charge in [-0.05, 0) is 50.6 Å². The monoisotopic (exact) mass is 487 g/mol. The summed E-state index contributed by atoms with van der Waals surface area (Å²) in [5, 5.41) is 4.60. The third-order valence-electron chi connectivity index (χ3n) is 8.25. The van der Waals surface area contributed by atoms with Gasteiger partial charge in [-0.1, -0.05) is 12.1 Å². The van der Waals surface area contributed by atoms with Gasteiger partial charge in [0, 0.05) is 88.6 Å². The maximum absolute atomic E-state index is 12.6. The number of anilines is 2. The van der Waals surface area contributed by atoms with Gasteiger partial charge < -0.3 is 19.6 Å². The minimum atomic E-state index is 0.192. The topological polar surface area (TPSA) is 50.6 Å². The van der Waals surface area contributed by atoms with E-state index in [1.165, 1.54) is 22.5 Å². The van der Waals surface area contributed by atoms with Crippen LogP contribution in [0.5, 0.6) is 0 Å². The van der Waals surface area contributed by atoms with E-state index in [2.05, 4.69) is 83.2 Å². The summed E-state index contributed by atoms with van der Waals surface area (Å²) in [6, 6.07) is 14.4. The molecule has 3 aliphatic rings. The second kappa shape index (κ2) is 9.32. The molecule has 2 amide bonds. The van der Waals surface area contributed by atoms with Crippen LogP contribution in [0.3, 0.4) is 0 Å². The van der Waals surface area contributed by atoms with E-state index in [-0.39, 0.29) is 12.1 Å². The van der Waals surface area contributed by atoms with Gasteiger partial charge >= 0.3 is 6.03 Å². The number of aromatic nitrogens is 2. The Morgan fingerprint density at radius 2 is 1.67 bits per heavy atom. The van der Waals surface area contributed by atoms with E-state index in [0.29, 0.717) is 6.04 Å². The third-order valence-corrected chi connectivity index (χ3v) is 8.25. The second-order valence-corrected chi connectivity index (χ2v) is 10.6. The Hall–Kier alpha value is -3.26. The van der Waals surface area contributed by atoms with Crippen LogP contribution in [-0.2, 0) is 0 Å². The van der Waals surface area contributed by atoms with Gasteiger partial charge in [-0.3, -0.25) is 4.90 Å². The first kappa shape index (κ1) is 23.2. The number of hydrogen-bond donors (Lipinski definition) is 0. The van der Waals surface area contributed by atoms with Crippen molar-refractivity contribution in [1.29, 1.82) is 0 Å². The lowest BCUT2D eigenvalue weighted by Gasteiger charge is -2.38. The van der Waals surface area contributed by atoms with Gasteiger partial charge in [0.1, 0.15) is 0 Å². The molecular weight excluding hydrogens is 450 g/mol. The Balaban J connectivity index is 1.20. The van der Waals surface area contributed by atoms with E-state index in [9.17, 15) is 4.79 Å². The lowest BCUT2D eigenvalue weighted by molar-refractivity contribution is 0.184. The maximum Gasteiger partial charge on any atom is 0.320 e. The number of urea groups is 1. The summed E-state index contributed by atoms with van der Waals surface area (Å²) < 4.78 is 1.99. The SMILES string of the molecule is CCN1C[C@H]2CN(c3ccnn4cc(-c5ccc(N6CCN(C(C)C)CC6)cc5)cc34)CCN2C1=O. The molecule has 3 aliphatic heterocycles. The number of piperazine rings is 2. The first-order chi connectivity index (χ1) is 17.5. The highest BCUT2D eigenvalue weighted by molar-refractivity contribution is 5.81. The molecule has 0 radical (unpaired) electrons. The highest BCUT2D eigenvalue weighted by Gasteiger charge is 2.40. The average molecular weight is 488 g/mol. The smallest absolute Gasteiger partial charge is 0.320 e. The third kappa shape index (κ3) is 4.07. The molecule has 8 nitrogen and oxygen atoms in total. The Bertz CT molecular complexity index is 1230. The maximum atomic E-state index is 12.6. The molecule has 1 atom stereocenters. The predicted octanol–water partition coefficient (Wildman–Crippen LogP) is 3.48. The zero-order chi connectivity index (χ0) is 24.8. The van der Waals surface area contributed by atoms with Crippen LogP contribution in [-0.4, -0.2) is 101 Å². The van der Waals surface area contributed by atoms with Crippen LogP contribution in [0, 0.1) is 0 Å². The molecule has 5 heterocycles. The van der Waals surface area contributed by atoms with Gasteiger partial charge in [0.25, 0.3) is 0 Å². The summed E-state index contributed by atoms with van der Waals surface area (Å²) in [4.78, 5) is 24.0. The number of rotatable bonds is 5. The number of nitrogens with zero attached hydrogens (tertiary/aromatic N) is 7. The zero-order valence-corrected chi connectivity index (χ0v) is 21.7. The fourth-order valence-corrected chi connectivity index (χ4v) is 6.05. The molecule has 190 valence electrons. The van der Waals surface area contributed by atoms with E-state index < -0.39 is 0 Å². The minimum absolute atomic E-state index is 0.192. The van der Waals surface area contributed by atoms with Gasteiger partial charge in [0.15, 0.2) is 0 Å². The highest BCUT2D eigenvalue weighted by Crippen LogP contribution is 2.32. The van der Waals surface area contributed by atoms with Crippen LogP contribution < -0.4 is 9.80 Å². The van der Waals surface area contributed by atoms with E-state index in [1.807, 2.05) is 20.5 Å². The molecule has 0 bridgehead atoms. The standard InChI is InChI=1S/C28H37N7O/c1-4-30-19-25-20-33(15-16-34(25)28(30)36)26-9-10-29-35-18-23(17-27(26)35)22-5-7-24(8-6-22)32-13-11-31(12-14-32)21(2)3/h5-10,17-18,21,25H,4,11-16,19-20H2,1-3H3/t25-/m0/s1. The Labute approximate surface area is 213 Å². The van der Waals surface area contributed by atoms with Gasteiger partial charge in [-0.15, -0.1) is 0 Å². The molecule has 0 N–H and O–H groups in total. The number of amides is 2. The molecule has 0 aliphatic carbocycles. The molecule has 1 aromatic carbocycles. The molecule has 3 fully saturated rings. The molecule has 3 aromatic rings. The molecule has 36 heavy (non-hydrogen) atoms. The van der Waals surface area contributed by atoms with Crippen molar-refractivity contribution in [2.45, 2.75) is 32.9 Å². The van der Waals surface area contributed by atoms with Crippen LogP contribution in [0.25, 0.3) is 16.6 Å². The quantitative estimate of drug-likeness (QED) is 0.552. The van der Waals surface area contributed by atoms with E-state index in [4.69, 9.17) is 0 Å². The van der Waals surface area contributed by atoms with Gasteiger partial charge in [-0.25, -0.2) is 9.31 Å². The van der Waals surface area contributed by atoms with Crippen molar-refractivity contribution >= 4 is 22.9 Å². The highest BCUT2D eigenvalue weighted by atomic mass is 16.2. The van der Waals surface area contributed by atoms with Crippen molar-refractivity contribution in [3.8, 4) is 11.1 Å². The van der Waals surface area contributed by atoms with Crippen LogP contribution >= 0.6 is 0 Å². The van der Waals surface area contributed by atoms with Gasteiger partial charge in [0.05, 0.1) is 17.2 Å². The molecule has 0 spiro atoms. The molecule has 0 unspecified atom stereocenters. The number of hydrogen-bond acceptors (Lipinski definition) is 5. The average Bonchev–Trinajstić information content (AvgIpc) is 3.49. The molecule has 6 rings (SSSR count). The van der Waals surface area contributed by atoms with Crippen LogP contribution in [0.2, 0.25) is 0 Å². The molecule has 3 saturated heterocycles. The fourth-order valence-electron chi connectivity index (χ4n) is 6.05. The summed E-state index contributed by atoms with van der Waals surface area (Å²) in [7, 11) is 0.